The van der Waals surface area contributed by atoms with Crippen molar-refractivity contribution in [3.05, 3.63) is 73.1 Å². The Hall–Kier alpha value is -3.14. The SMILES string of the molecule is c1ccc(-c2ncc(-c3conc3-c3ccccc3)[nH]2)cc1. The zero-order valence-corrected chi connectivity index (χ0v) is 11.7. The quantitative estimate of drug-likeness (QED) is 0.607. The van der Waals surface area contributed by atoms with Crippen molar-refractivity contribution in [1.82, 2.24) is 15.1 Å². The fraction of sp³-hybridized carbons (Fsp3) is 0. The van der Waals surface area contributed by atoms with Crippen molar-refractivity contribution in [3.63, 3.8) is 0 Å². The Morgan fingerprint density at radius 2 is 1.50 bits per heavy atom. The van der Waals surface area contributed by atoms with Gasteiger partial charge in [-0.25, -0.2) is 4.98 Å². The van der Waals surface area contributed by atoms with Crippen molar-refractivity contribution in [1.29, 1.82) is 0 Å². The number of aromatic nitrogens is 3. The molecule has 4 rings (SSSR count). The van der Waals surface area contributed by atoms with Crippen LogP contribution >= 0.6 is 0 Å². The van der Waals surface area contributed by atoms with Crippen LogP contribution in [-0.2, 0) is 0 Å². The molecular formula is C18H13N3O. The number of imidazole rings is 1. The average Bonchev–Trinajstić information content (AvgIpc) is 3.25. The summed E-state index contributed by atoms with van der Waals surface area (Å²) in [5, 5.41) is 4.12. The van der Waals surface area contributed by atoms with Gasteiger partial charge in [0.1, 0.15) is 17.8 Å². The second kappa shape index (κ2) is 5.33. The molecule has 4 aromatic rings. The molecule has 1 N–H and O–H groups in total. The molecule has 0 unspecified atom stereocenters. The normalized spacial score (nSPS) is 10.7. The molecule has 2 heterocycles. The molecule has 0 aliphatic carbocycles. The van der Waals surface area contributed by atoms with Crippen LogP contribution in [0.25, 0.3) is 33.9 Å². The Morgan fingerprint density at radius 1 is 0.818 bits per heavy atom. The number of hydrogen-bond donors (Lipinski definition) is 1. The number of aromatic amines is 1. The second-order valence-corrected chi connectivity index (χ2v) is 4.95. The molecule has 0 aliphatic heterocycles. The van der Waals surface area contributed by atoms with Gasteiger partial charge in [-0.1, -0.05) is 65.8 Å². The molecule has 4 nitrogen and oxygen atoms in total. The van der Waals surface area contributed by atoms with Gasteiger partial charge in [0, 0.05) is 11.1 Å². The predicted molar refractivity (Wildman–Crippen MR) is 85.0 cm³/mol. The molecule has 2 aromatic heterocycles. The molecule has 0 spiro atoms. The Morgan fingerprint density at radius 3 is 2.23 bits per heavy atom. The van der Waals surface area contributed by atoms with Crippen molar-refractivity contribution in [2.75, 3.05) is 0 Å². The van der Waals surface area contributed by atoms with E-state index in [2.05, 4.69) is 15.1 Å². The van der Waals surface area contributed by atoms with Gasteiger partial charge in [0.05, 0.1) is 17.5 Å². The summed E-state index contributed by atoms with van der Waals surface area (Å²) < 4.78 is 5.17. The fourth-order valence-corrected chi connectivity index (χ4v) is 2.43. The predicted octanol–water partition coefficient (Wildman–Crippen LogP) is 4.40. The summed E-state index contributed by atoms with van der Waals surface area (Å²) in [6, 6.07) is 20.0. The van der Waals surface area contributed by atoms with Crippen LogP contribution in [0, 0.1) is 0 Å². The van der Waals surface area contributed by atoms with Gasteiger partial charge in [-0.15, -0.1) is 0 Å². The van der Waals surface area contributed by atoms with Gasteiger partial charge < -0.3 is 9.51 Å². The highest BCUT2D eigenvalue weighted by molar-refractivity contribution is 5.78. The first-order chi connectivity index (χ1) is 10.9. The van der Waals surface area contributed by atoms with E-state index in [0.29, 0.717) is 0 Å². The van der Waals surface area contributed by atoms with Crippen molar-refractivity contribution in [2.24, 2.45) is 0 Å². The van der Waals surface area contributed by atoms with Crippen molar-refractivity contribution >= 4 is 0 Å². The maximum Gasteiger partial charge on any atom is 0.137 e. The molecule has 0 fully saturated rings. The van der Waals surface area contributed by atoms with Crippen LogP contribution in [0.15, 0.2) is 77.6 Å². The summed E-state index contributed by atoms with van der Waals surface area (Å²) in [7, 11) is 0. The van der Waals surface area contributed by atoms with Crippen molar-refractivity contribution < 1.29 is 4.52 Å². The minimum Gasteiger partial charge on any atom is -0.363 e. The maximum atomic E-state index is 5.17. The molecule has 2 aromatic carbocycles. The van der Waals surface area contributed by atoms with Gasteiger partial charge in [-0.05, 0) is 0 Å². The molecule has 0 atom stereocenters. The maximum absolute atomic E-state index is 5.17. The highest BCUT2D eigenvalue weighted by atomic mass is 16.5. The van der Waals surface area contributed by atoms with Crippen LogP contribution in [0.4, 0.5) is 0 Å². The molecule has 22 heavy (non-hydrogen) atoms. The van der Waals surface area contributed by atoms with E-state index < -0.39 is 0 Å². The summed E-state index contributed by atoms with van der Waals surface area (Å²) in [5.74, 6) is 0.829. The van der Waals surface area contributed by atoms with E-state index in [4.69, 9.17) is 4.52 Å². The smallest absolute Gasteiger partial charge is 0.137 e. The van der Waals surface area contributed by atoms with Gasteiger partial charge in [0.25, 0.3) is 0 Å². The third kappa shape index (κ3) is 2.20. The average molecular weight is 287 g/mol. The lowest BCUT2D eigenvalue weighted by molar-refractivity contribution is 0.422. The van der Waals surface area contributed by atoms with Crippen LogP contribution in [0.3, 0.4) is 0 Å². The molecule has 0 radical (unpaired) electrons. The van der Waals surface area contributed by atoms with E-state index in [1.807, 2.05) is 60.7 Å². The van der Waals surface area contributed by atoms with Gasteiger partial charge in [0.15, 0.2) is 0 Å². The Balaban J connectivity index is 1.76. The highest BCUT2D eigenvalue weighted by Gasteiger charge is 2.14. The third-order valence-electron chi connectivity index (χ3n) is 3.53. The molecule has 106 valence electrons. The number of rotatable bonds is 3. The summed E-state index contributed by atoms with van der Waals surface area (Å²) in [4.78, 5) is 7.78. The summed E-state index contributed by atoms with van der Waals surface area (Å²) >= 11 is 0. The monoisotopic (exact) mass is 287 g/mol. The van der Waals surface area contributed by atoms with Crippen LogP contribution < -0.4 is 0 Å². The summed E-state index contributed by atoms with van der Waals surface area (Å²) in [6.07, 6.45) is 3.45. The Labute approximate surface area is 127 Å². The third-order valence-corrected chi connectivity index (χ3v) is 3.53. The van der Waals surface area contributed by atoms with Crippen molar-refractivity contribution in [3.8, 4) is 33.9 Å². The molecule has 0 saturated carbocycles. The zero-order valence-electron chi connectivity index (χ0n) is 11.7. The molecule has 0 saturated heterocycles. The van der Waals surface area contributed by atoms with Gasteiger partial charge >= 0.3 is 0 Å². The number of nitrogens with zero attached hydrogens (tertiary/aromatic N) is 2. The number of hydrogen-bond acceptors (Lipinski definition) is 3. The minimum atomic E-state index is 0.809. The van der Waals surface area contributed by atoms with E-state index in [0.717, 1.165) is 33.9 Å². The van der Waals surface area contributed by atoms with E-state index >= 15 is 0 Å². The van der Waals surface area contributed by atoms with E-state index in [-0.39, 0.29) is 0 Å². The van der Waals surface area contributed by atoms with E-state index in [1.54, 1.807) is 12.5 Å². The summed E-state index contributed by atoms with van der Waals surface area (Å²) in [5.41, 5.74) is 4.66. The first-order valence-electron chi connectivity index (χ1n) is 7.02. The van der Waals surface area contributed by atoms with Crippen LogP contribution in [0.5, 0.6) is 0 Å². The van der Waals surface area contributed by atoms with Gasteiger partial charge in [0.2, 0.25) is 0 Å². The van der Waals surface area contributed by atoms with Crippen LogP contribution in [-0.4, -0.2) is 15.1 Å². The second-order valence-electron chi connectivity index (χ2n) is 4.95. The largest absolute Gasteiger partial charge is 0.363 e. The van der Waals surface area contributed by atoms with E-state index in [9.17, 15) is 0 Å². The molecular weight excluding hydrogens is 274 g/mol. The Kier molecular flexibility index (Phi) is 3.05. The number of H-pyrrole nitrogens is 1. The number of benzene rings is 2. The number of nitrogens with one attached hydrogen (secondary N) is 1. The lowest BCUT2D eigenvalue weighted by Gasteiger charge is -1.99. The van der Waals surface area contributed by atoms with Gasteiger partial charge in [-0.2, -0.15) is 0 Å². The molecule has 4 heteroatoms. The van der Waals surface area contributed by atoms with Gasteiger partial charge in [-0.3, -0.25) is 0 Å². The molecule has 0 aliphatic rings. The topological polar surface area (TPSA) is 54.7 Å². The zero-order chi connectivity index (χ0) is 14.8. The Bertz CT molecular complexity index is 879. The van der Waals surface area contributed by atoms with E-state index in [1.165, 1.54) is 0 Å². The summed E-state index contributed by atoms with van der Waals surface area (Å²) in [6.45, 7) is 0. The lowest BCUT2D eigenvalue weighted by Crippen LogP contribution is -1.83. The lowest BCUT2D eigenvalue weighted by atomic mass is 10.1. The van der Waals surface area contributed by atoms with Crippen molar-refractivity contribution in [2.45, 2.75) is 0 Å². The molecule has 0 bridgehead atoms. The first kappa shape index (κ1) is 12.6. The van der Waals surface area contributed by atoms with Crippen LogP contribution in [0.2, 0.25) is 0 Å². The molecule has 0 amide bonds. The standard InChI is InChI=1S/C18H13N3O/c1-3-7-13(8-4-1)17-15(12-22-21-17)16-11-19-18(20-16)14-9-5-2-6-10-14/h1-12H,(H,19,20). The van der Waals surface area contributed by atoms with Crippen LogP contribution in [0.1, 0.15) is 0 Å². The highest BCUT2D eigenvalue weighted by Crippen LogP contribution is 2.30. The minimum absolute atomic E-state index is 0.809. The fourth-order valence-electron chi connectivity index (χ4n) is 2.43. The first-order valence-corrected chi connectivity index (χ1v) is 7.02.